The number of nitrogens with zero attached hydrogens (tertiary/aromatic N) is 2. The molecule has 2 aromatic carbocycles. The summed E-state index contributed by atoms with van der Waals surface area (Å²) in [5.74, 6) is 1.72. The van der Waals surface area contributed by atoms with E-state index in [9.17, 15) is 4.79 Å². The maximum Gasteiger partial charge on any atom is 0.251 e. The molecule has 6 heteroatoms. The number of aromatic amines is 1. The van der Waals surface area contributed by atoms with Crippen LogP contribution in [0.25, 0.3) is 11.3 Å². The molecular formula is C23H26N4O2. The number of hydrogen-bond acceptors (Lipinski definition) is 4. The molecule has 1 aromatic heterocycles. The zero-order chi connectivity index (χ0) is 20.2. The van der Waals surface area contributed by atoms with Gasteiger partial charge in [-0.3, -0.25) is 9.89 Å². The summed E-state index contributed by atoms with van der Waals surface area (Å²) < 4.78 is 5.21. The summed E-state index contributed by atoms with van der Waals surface area (Å²) in [5, 5.41) is 10.7. The number of aromatic nitrogens is 2. The van der Waals surface area contributed by atoms with Crippen molar-refractivity contribution in [2.45, 2.75) is 25.8 Å². The molecule has 3 aromatic rings. The minimum absolute atomic E-state index is 0.0135. The SMILES string of the molecule is CCc1ccc(C(=O)N[C@H]2CCN(c3cc(-c4ccc(OC)cc4)[nH]n3)C2)cc1. The van der Waals surface area contributed by atoms with Crippen molar-refractivity contribution in [2.24, 2.45) is 0 Å². The smallest absolute Gasteiger partial charge is 0.251 e. The first-order valence-corrected chi connectivity index (χ1v) is 10.0. The average Bonchev–Trinajstić information content (AvgIpc) is 3.43. The van der Waals surface area contributed by atoms with Gasteiger partial charge in [0.15, 0.2) is 5.82 Å². The second kappa shape index (κ2) is 8.39. The van der Waals surface area contributed by atoms with E-state index in [1.165, 1.54) is 5.56 Å². The summed E-state index contributed by atoms with van der Waals surface area (Å²) in [4.78, 5) is 14.7. The zero-order valence-corrected chi connectivity index (χ0v) is 16.8. The second-order valence-electron chi connectivity index (χ2n) is 7.32. The van der Waals surface area contributed by atoms with Gasteiger partial charge in [-0.2, -0.15) is 5.10 Å². The summed E-state index contributed by atoms with van der Waals surface area (Å²) >= 11 is 0. The van der Waals surface area contributed by atoms with Crippen molar-refractivity contribution in [2.75, 3.05) is 25.1 Å². The summed E-state index contributed by atoms with van der Waals surface area (Å²) in [6.45, 7) is 3.73. The van der Waals surface area contributed by atoms with Crippen LogP contribution < -0.4 is 15.0 Å². The van der Waals surface area contributed by atoms with Gasteiger partial charge >= 0.3 is 0 Å². The number of ether oxygens (including phenoxy) is 1. The Hall–Kier alpha value is -3.28. The van der Waals surface area contributed by atoms with Crippen LogP contribution in [0.3, 0.4) is 0 Å². The van der Waals surface area contributed by atoms with Crippen molar-refractivity contribution in [3.05, 3.63) is 65.7 Å². The zero-order valence-electron chi connectivity index (χ0n) is 16.8. The van der Waals surface area contributed by atoms with Gasteiger partial charge in [0.05, 0.1) is 12.8 Å². The van der Waals surface area contributed by atoms with Crippen LogP contribution in [-0.2, 0) is 6.42 Å². The number of rotatable bonds is 6. The lowest BCUT2D eigenvalue weighted by atomic mass is 10.1. The molecule has 0 saturated carbocycles. The number of methoxy groups -OCH3 is 1. The van der Waals surface area contributed by atoms with E-state index in [1.54, 1.807) is 7.11 Å². The Kier molecular flexibility index (Phi) is 5.51. The van der Waals surface area contributed by atoms with E-state index in [4.69, 9.17) is 4.74 Å². The average molecular weight is 390 g/mol. The molecule has 1 atom stereocenters. The van der Waals surface area contributed by atoms with Gasteiger partial charge in [-0.1, -0.05) is 19.1 Å². The van der Waals surface area contributed by atoms with Gasteiger partial charge in [-0.05, 0) is 60.4 Å². The van der Waals surface area contributed by atoms with Gasteiger partial charge in [-0.15, -0.1) is 0 Å². The van der Waals surface area contributed by atoms with Crippen molar-refractivity contribution in [3.8, 4) is 17.0 Å². The molecule has 1 fully saturated rings. The number of H-pyrrole nitrogens is 1. The van der Waals surface area contributed by atoms with Gasteiger partial charge < -0.3 is 15.0 Å². The van der Waals surface area contributed by atoms with Crippen molar-refractivity contribution < 1.29 is 9.53 Å². The highest BCUT2D eigenvalue weighted by molar-refractivity contribution is 5.94. The lowest BCUT2D eigenvalue weighted by Gasteiger charge is -2.16. The molecule has 0 bridgehead atoms. The van der Waals surface area contributed by atoms with Gasteiger partial charge in [0.1, 0.15) is 5.75 Å². The number of hydrogen-bond donors (Lipinski definition) is 2. The van der Waals surface area contributed by atoms with Crippen molar-refractivity contribution in [3.63, 3.8) is 0 Å². The number of carbonyl (C=O) groups is 1. The molecule has 0 spiro atoms. The van der Waals surface area contributed by atoms with E-state index in [1.807, 2.05) is 48.5 Å². The molecule has 4 rings (SSSR count). The Morgan fingerprint density at radius 2 is 1.97 bits per heavy atom. The summed E-state index contributed by atoms with van der Waals surface area (Å²) in [6.07, 6.45) is 1.88. The van der Waals surface area contributed by atoms with E-state index in [0.717, 1.165) is 48.8 Å². The molecule has 6 nitrogen and oxygen atoms in total. The van der Waals surface area contributed by atoms with Crippen LogP contribution in [0.15, 0.2) is 54.6 Å². The van der Waals surface area contributed by atoms with E-state index in [0.29, 0.717) is 5.56 Å². The highest BCUT2D eigenvalue weighted by Gasteiger charge is 2.26. The molecule has 2 N–H and O–H groups in total. The first-order valence-electron chi connectivity index (χ1n) is 10.0. The highest BCUT2D eigenvalue weighted by atomic mass is 16.5. The molecule has 0 unspecified atom stereocenters. The standard InChI is InChI=1S/C23H26N4O2/c1-3-16-4-6-18(7-5-16)23(28)24-19-12-13-27(15-19)22-14-21(25-26-22)17-8-10-20(29-2)11-9-17/h4-11,14,19H,3,12-13,15H2,1-2H3,(H,24,28)(H,25,26)/t19-/m0/s1. The van der Waals surface area contributed by atoms with Gasteiger partial charge in [0, 0.05) is 30.8 Å². The molecule has 1 amide bonds. The fraction of sp³-hybridized carbons (Fsp3) is 0.304. The third kappa shape index (κ3) is 4.26. The first-order chi connectivity index (χ1) is 14.2. The number of benzene rings is 2. The van der Waals surface area contributed by atoms with Crippen LogP contribution in [-0.4, -0.2) is 42.3 Å². The molecule has 1 aliphatic rings. The van der Waals surface area contributed by atoms with Crippen LogP contribution in [0.1, 0.15) is 29.3 Å². The number of aryl methyl sites for hydroxylation is 1. The van der Waals surface area contributed by atoms with Gasteiger partial charge in [-0.25, -0.2) is 0 Å². The lowest BCUT2D eigenvalue weighted by Crippen LogP contribution is -2.37. The maximum absolute atomic E-state index is 12.5. The maximum atomic E-state index is 12.5. The van der Waals surface area contributed by atoms with Crippen molar-refractivity contribution in [1.82, 2.24) is 15.5 Å². The summed E-state index contributed by atoms with van der Waals surface area (Å²) in [7, 11) is 1.66. The number of nitrogens with one attached hydrogen (secondary N) is 2. The molecule has 0 aliphatic carbocycles. The normalized spacial score (nSPS) is 16.1. The third-order valence-electron chi connectivity index (χ3n) is 5.44. The molecule has 29 heavy (non-hydrogen) atoms. The van der Waals surface area contributed by atoms with Crippen molar-refractivity contribution >= 4 is 11.7 Å². The van der Waals surface area contributed by atoms with Crippen LogP contribution in [0, 0.1) is 0 Å². The molecule has 0 radical (unpaired) electrons. The second-order valence-corrected chi connectivity index (χ2v) is 7.32. The fourth-order valence-electron chi connectivity index (χ4n) is 3.64. The van der Waals surface area contributed by atoms with Crippen LogP contribution in [0.5, 0.6) is 5.75 Å². The Labute approximate surface area is 170 Å². The van der Waals surface area contributed by atoms with E-state index in [-0.39, 0.29) is 11.9 Å². The van der Waals surface area contributed by atoms with E-state index in [2.05, 4.69) is 33.4 Å². The third-order valence-corrected chi connectivity index (χ3v) is 5.44. The van der Waals surface area contributed by atoms with Gasteiger partial charge in [0.25, 0.3) is 5.91 Å². The monoisotopic (exact) mass is 390 g/mol. The molecule has 150 valence electrons. The Morgan fingerprint density at radius 1 is 1.21 bits per heavy atom. The summed E-state index contributed by atoms with van der Waals surface area (Å²) in [5.41, 5.74) is 3.97. The van der Waals surface area contributed by atoms with Crippen LogP contribution in [0.4, 0.5) is 5.82 Å². The largest absolute Gasteiger partial charge is 0.497 e. The first kappa shape index (κ1) is 19.1. The summed E-state index contributed by atoms with van der Waals surface area (Å²) in [6, 6.07) is 17.9. The lowest BCUT2D eigenvalue weighted by molar-refractivity contribution is 0.0940. The molecule has 2 heterocycles. The van der Waals surface area contributed by atoms with Crippen LogP contribution in [0.2, 0.25) is 0 Å². The predicted molar refractivity (Wildman–Crippen MR) is 114 cm³/mol. The Balaban J connectivity index is 1.37. The van der Waals surface area contributed by atoms with E-state index >= 15 is 0 Å². The molecule has 1 saturated heterocycles. The highest BCUT2D eigenvalue weighted by Crippen LogP contribution is 2.26. The number of anilines is 1. The Bertz CT molecular complexity index is 963. The van der Waals surface area contributed by atoms with E-state index < -0.39 is 0 Å². The van der Waals surface area contributed by atoms with Gasteiger partial charge in [0.2, 0.25) is 0 Å². The molecule has 1 aliphatic heterocycles. The van der Waals surface area contributed by atoms with Crippen LogP contribution >= 0.6 is 0 Å². The quantitative estimate of drug-likeness (QED) is 0.674. The minimum Gasteiger partial charge on any atom is -0.497 e. The fourth-order valence-corrected chi connectivity index (χ4v) is 3.64. The number of carbonyl (C=O) groups excluding carboxylic acids is 1. The Morgan fingerprint density at radius 3 is 2.66 bits per heavy atom. The van der Waals surface area contributed by atoms with Crippen molar-refractivity contribution in [1.29, 1.82) is 0 Å². The number of amides is 1. The topological polar surface area (TPSA) is 70.2 Å². The molecular weight excluding hydrogens is 364 g/mol. The minimum atomic E-state index is -0.0135. The predicted octanol–water partition coefficient (Wildman–Crippen LogP) is 3.66.